The molecule has 3 nitrogen and oxygen atoms in total. The second-order valence-electron chi connectivity index (χ2n) is 4.52. The molecule has 2 N–H and O–H groups in total. The molecule has 14 heavy (non-hydrogen) atoms. The van der Waals surface area contributed by atoms with E-state index in [0.29, 0.717) is 24.5 Å². The van der Waals surface area contributed by atoms with Gasteiger partial charge in [0, 0.05) is 6.04 Å². The summed E-state index contributed by atoms with van der Waals surface area (Å²) in [7, 11) is 0. The first-order valence-electron chi connectivity index (χ1n) is 5.66. The summed E-state index contributed by atoms with van der Waals surface area (Å²) >= 11 is 0. The van der Waals surface area contributed by atoms with Crippen LogP contribution in [0.2, 0.25) is 0 Å². The minimum atomic E-state index is 0.0259. The molecule has 2 rings (SSSR count). The molecule has 0 amide bonds. The van der Waals surface area contributed by atoms with Gasteiger partial charge in [0.05, 0.1) is 12.5 Å². The minimum Gasteiger partial charge on any atom is -0.466 e. The molecule has 0 spiro atoms. The van der Waals surface area contributed by atoms with Crippen molar-refractivity contribution < 1.29 is 9.53 Å². The Morgan fingerprint density at radius 1 is 1.29 bits per heavy atom. The molecule has 4 atom stereocenters. The van der Waals surface area contributed by atoms with Crippen molar-refractivity contribution >= 4 is 5.97 Å². The minimum absolute atomic E-state index is 0.0259. The van der Waals surface area contributed by atoms with E-state index in [1.54, 1.807) is 0 Å². The van der Waals surface area contributed by atoms with Gasteiger partial charge in [-0.2, -0.15) is 0 Å². The van der Waals surface area contributed by atoms with Crippen LogP contribution in [0.25, 0.3) is 0 Å². The average molecular weight is 197 g/mol. The zero-order valence-corrected chi connectivity index (χ0v) is 8.74. The van der Waals surface area contributed by atoms with Gasteiger partial charge in [-0.1, -0.05) is 0 Å². The van der Waals surface area contributed by atoms with E-state index >= 15 is 0 Å². The molecule has 0 aromatic carbocycles. The van der Waals surface area contributed by atoms with Gasteiger partial charge in [0.15, 0.2) is 0 Å². The predicted octanol–water partition coefficient (Wildman–Crippen LogP) is 1.31. The average Bonchev–Trinajstić information content (AvgIpc) is 2.85. The van der Waals surface area contributed by atoms with Crippen molar-refractivity contribution in [3.05, 3.63) is 0 Å². The van der Waals surface area contributed by atoms with Crippen LogP contribution in [0, 0.1) is 17.8 Å². The largest absolute Gasteiger partial charge is 0.466 e. The smallest absolute Gasteiger partial charge is 0.309 e. The Bertz CT molecular complexity index is 215. The molecule has 2 saturated carbocycles. The maximum atomic E-state index is 11.5. The molecular weight excluding hydrogens is 178 g/mol. The third-order valence-corrected chi connectivity index (χ3v) is 3.63. The highest BCUT2D eigenvalue weighted by Crippen LogP contribution is 2.54. The molecule has 2 unspecified atom stereocenters. The van der Waals surface area contributed by atoms with Crippen LogP contribution in [-0.4, -0.2) is 18.6 Å². The molecule has 2 fully saturated rings. The van der Waals surface area contributed by atoms with E-state index in [1.165, 1.54) is 0 Å². The van der Waals surface area contributed by atoms with Crippen molar-refractivity contribution in [3.63, 3.8) is 0 Å². The molecular formula is C11H19NO2. The van der Waals surface area contributed by atoms with Crippen molar-refractivity contribution in [2.75, 3.05) is 6.61 Å². The summed E-state index contributed by atoms with van der Waals surface area (Å²) in [4.78, 5) is 11.5. The standard InChI is InChI=1S/C11H19NO2/c1-2-14-11(13)10-8-5-3-7(12)4-6-9(8)10/h7-10H,2-6,12H2,1H3/t7?,8-,9+,10?. The van der Waals surface area contributed by atoms with Gasteiger partial charge in [-0.3, -0.25) is 4.79 Å². The predicted molar refractivity (Wildman–Crippen MR) is 53.5 cm³/mol. The van der Waals surface area contributed by atoms with Gasteiger partial charge in [0.1, 0.15) is 0 Å². The van der Waals surface area contributed by atoms with Gasteiger partial charge in [0.2, 0.25) is 0 Å². The molecule has 3 heteroatoms. The number of nitrogens with two attached hydrogens (primary N) is 1. The fraction of sp³-hybridized carbons (Fsp3) is 0.909. The van der Waals surface area contributed by atoms with Crippen molar-refractivity contribution in [3.8, 4) is 0 Å². The first kappa shape index (κ1) is 9.97. The van der Waals surface area contributed by atoms with E-state index < -0.39 is 0 Å². The number of fused-ring (bicyclic) bond motifs is 1. The molecule has 0 heterocycles. The molecule has 0 aromatic rings. The first-order chi connectivity index (χ1) is 6.74. The highest BCUT2D eigenvalue weighted by atomic mass is 16.5. The molecule has 0 aromatic heterocycles. The Morgan fingerprint density at radius 3 is 2.36 bits per heavy atom. The summed E-state index contributed by atoms with van der Waals surface area (Å²) in [5.74, 6) is 1.41. The van der Waals surface area contributed by atoms with Crippen LogP contribution in [-0.2, 0) is 9.53 Å². The summed E-state index contributed by atoms with van der Waals surface area (Å²) in [6, 6.07) is 0.366. The monoisotopic (exact) mass is 197 g/mol. The molecule has 0 aliphatic heterocycles. The summed E-state index contributed by atoms with van der Waals surface area (Å²) in [5, 5.41) is 0. The summed E-state index contributed by atoms with van der Waals surface area (Å²) in [6.45, 7) is 2.38. The van der Waals surface area contributed by atoms with Crippen LogP contribution < -0.4 is 5.73 Å². The molecule has 0 saturated heterocycles. The lowest BCUT2D eigenvalue weighted by Crippen LogP contribution is -2.20. The lowest BCUT2D eigenvalue weighted by atomic mass is 10.1. The SMILES string of the molecule is CCOC(=O)C1[C@H]2CCC(N)CC[C@@H]12. The third kappa shape index (κ3) is 1.78. The van der Waals surface area contributed by atoms with Crippen molar-refractivity contribution in [2.45, 2.75) is 38.6 Å². The Kier molecular flexibility index (Phi) is 2.77. The number of carbonyl (C=O) groups excluding carboxylic acids is 1. The van der Waals surface area contributed by atoms with Gasteiger partial charge in [-0.25, -0.2) is 0 Å². The number of rotatable bonds is 2. The Morgan fingerprint density at radius 2 is 1.86 bits per heavy atom. The molecule has 2 aliphatic carbocycles. The second kappa shape index (κ2) is 3.89. The number of carbonyl (C=O) groups is 1. The zero-order valence-electron chi connectivity index (χ0n) is 8.74. The van der Waals surface area contributed by atoms with E-state index in [0.717, 1.165) is 25.7 Å². The van der Waals surface area contributed by atoms with Crippen molar-refractivity contribution in [1.82, 2.24) is 0 Å². The quantitative estimate of drug-likeness (QED) is 0.679. The molecule has 0 bridgehead atoms. The van der Waals surface area contributed by atoms with E-state index in [2.05, 4.69) is 0 Å². The number of esters is 1. The van der Waals surface area contributed by atoms with Gasteiger partial charge < -0.3 is 10.5 Å². The van der Waals surface area contributed by atoms with Crippen LogP contribution in [0.15, 0.2) is 0 Å². The third-order valence-electron chi connectivity index (χ3n) is 3.63. The lowest BCUT2D eigenvalue weighted by molar-refractivity contribution is -0.145. The fourth-order valence-corrected chi connectivity index (χ4v) is 2.78. The van der Waals surface area contributed by atoms with Crippen LogP contribution in [0.4, 0.5) is 0 Å². The van der Waals surface area contributed by atoms with E-state index in [9.17, 15) is 4.79 Å². The van der Waals surface area contributed by atoms with E-state index in [-0.39, 0.29) is 11.9 Å². The Balaban J connectivity index is 1.87. The normalized spacial score (nSPS) is 41.0. The summed E-state index contributed by atoms with van der Waals surface area (Å²) < 4.78 is 5.06. The van der Waals surface area contributed by atoms with Crippen molar-refractivity contribution in [2.24, 2.45) is 23.5 Å². The van der Waals surface area contributed by atoms with Crippen LogP contribution in [0.1, 0.15) is 32.6 Å². The van der Waals surface area contributed by atoms with Gasteiger partial charge in [0.25, 0.3) is 0 Å². The van der Waals surface area contributed by atoms with Crippen LogP contribution in [0.3, 0.4) is 0 Å². The topological polar surface area (TPSA) is 52.3 Å². The van der Waals surface area contributed by atoms with Crippen LogP contribution >= 0.6 is 0 Å². The number of hydrogen-bond donors (Lipinski definition) is 1. The van der Waals surface area contributed by atoms with Crippen LogP contribution in [0.5, 0.6) is 0 Å². The van der Waals surface area contributed by atoms with E-state index in [1.807, 2.05) is 6.92 Å². The van der Waals surface area contributed by atoms with Gasteiger partial charge in [-0.05, 0) is 44.4 Å². The molecule has 2 aliphatic rings. The lowest BCUT2D eigenvalue weighted by Gasteiger charge is -2.08. The maximum absolute atomic E-state index is 11.5. The second-order valence-corrected chi connectivity index (χ2v) is 4.52. The van der Waals surface area contributed by atoms with Crippen molar-refractivity contribution in [1.29, 1.82) is 0 Å². The Hall–Kier alpha value is -0.570. The maximum Gasteiger partial charge on any atom is 0.309 e. The first-order valence-corrected chi connectivity index (χ1v) is 5.66. The molecule has 80 valence electrons. The summed E-state index contributed by atoms with van der Waals surface area (Å²) in [6.07, 6.45) is 4.40. The molecule has 0 radical (unpaired) electrons. The highest BCUT2D eigenvalue weighted by molar-refractivity contribution is 5.76. The fourth-order valence-electron chi connectivity index (χ4n) is 2.78. The zero-order chi connectivity index (χ0) is 10.1. The number of hydrogen-bond acceptors (Lipinski definition) is 3. The van der Waals surface area contributed by atoms with Gasteiger partial charge in [-0.15, -0.1) is 0 Å². The Labute approximate surface area is 85.0 Å². The van der Waals surface area contributed by atoms with E-state index in [4.69, 9.17) is 10.5 Å². The number of ether oxygens (including phenoxy) is 1. The highest BCUT2D eigenvalue weighted by Gasteiger charge is 2.55. The van der Waals surface area contributed by atoms with Gasteiger partial charge >= 0.3 is 5.97 Å². The summed E-state index contributed by atoms with van der Waals surface area (Å²) in [5.41, 5.74) is 5.88.